The molecule has 1 aliphatic carbocycles. The highest BCUT2D eigenvalue weighted by atomic mass is 79.9. The second-order valence-electron chi connectivity index (χ2n) is 5.38. The first-order valence-electron chi connectivity index (χ1n) is 7.38. The van der Waals surface area contributed by atoms with Gasteiger partial charge >= 0.3 is 0 Å². The Labute approximate surface area is 141 Å². The minimum Gasteiger partial charge on any atom is -0.298 e. The molecule has 1 aromatic heterocycles. The predicted molar refractivity (Wildman–Crippen MR) is 90.0 cm³/mol. The summed E-state index contributed by atoms with van der Waals surface area (Å²) in [6.45, 7) is 0. The smallest absolute Gasteiger partial charge is 0.258 e. The molecule has 0 bridgehead atoms. The number of aryl methyl sites for hydroxylation is 2. The van der Waals surface area contributed by atoms with Gasteiger partial charge in [-0.2, -0.15) is 0 Å². The third-order valence-corrected chi connectivity index (χ3v) is 5.50. The molecule has 22 heavy (non-hydrogen) atoms. The summed E-state index contributed by atoms with van der Waals surface area (Å²) in [5.74, 6) is -0.771. The molecule has 0 saturated carbocycles. The number of nitrogens with one attached hydrogen (secondary N) is 1. The summed E-state index contributed by atoms with van der Waals surface area (Å²) in [4.78, 5) is 18.1. The van der Waals surface area contributed by atoms with Crippen LogP contribution in [0.4, 0.5) is 9.52 Å². The van der Waals surface area contributed by atoms with Crippen LogP contribution in [-0.4, -0.2) is 10.9 Å². The van der Waals surface area contributed by atoms with Gasteiger partial charge in [-0.1, -0.05) is 12.8 Å². The zero-order valence-electron chi connectivity index (χ0n) is 12.0. The van der Waals surface area contributed by atoms with Gasteiger partial charge in [-0.15, -0.1) is 11.3 Å². The van der Waals surface area contributed by atoms with Crippen LogP contribution in [0.15, 0.2) is 22.7 Å². The van der Waals surface area contributed by atoms with E-state index >= 15 is 0 Å². The molecule has 1 N–H and O–H groups in total. The standard InChI is InChI=1S/C16H16BrFN2OS/c17-12-8-7-10(18)9-11(12)15(21)20-16-19-13-5-3-1-2-4-6-14(13)22-16/h7-9H,1-6H2,(H,19,20,21). The summed E-state index contributed by atoms with van der Waals surface area (Å²) in [6, 6.07) is 4.07. The third kappa shape index (κ3) is 3.55. The molecule has 0 radical (unpaired) electrons. The van der Waals surface area contributed by atoms with Crippen LogP contribution in [0.2, 0.25) is 0 Å². The van der Waals surface area contributed by atoms with Gasteiger partial charge in [-0.25, -0.2) is 9.37 Å². The van der Waals surface area contributed by atoms with E-state index in [-0.39, 0.29) is 11.5 Å². The van der Waals surface area contributed by atoms with Crippen LogP contribution >= 0.6 is 27.3 Å². The number of anilines is 1. The molecule has 116 valence electrons. The molecule has 0 aliphatic heterocycles. The molecule has 1 aromatic carbocycles. The fraction of sp³-hybridized carbons (Fsp3) is 0.375. The van der Waals surface area contributed by atoms with Crippen molar-refractivity contribution in [2.75, 3.05) is 5.32 Å². The minimum atomic E-state index is -0.431. The van der Waals surface area contributed by atoms with E-state index in [1.807, 2.05) is 0 Å². The van der Waals surface area contributed by atoms with Crippen LogP contribution < -0.4 is 5.32 Å². The number of hydrogen-bond donors (Lipinski definition) is 1. The van der Waals surface area contributed by atoms with Crippen LogP contribution in [0, 0.1) is 5.82 Å². The first kappa shape index (κ1) is 15.6. The lowest BCUT2D eigenvalue weighted by molar-refractivity contribution is 0.102. The van der Waals surface area contributed by atoms with Gasteiger partial charge in [0.2, 0.25) is 0 Å². The van der Waals surface area contributed by atoms with E-state index in [1.54, 1.807) is 0 Å². The van der Waals surface area contributed by atoms with Gasteiger partial charge in [-0.05, 0) is 59.8 Å². The maximum atomic E-state index is 13.3. The van der Waals surface area contributed by atoms with Crippen molar-refractivity contribution in [1.29, 1.82) is 0 Å². The second-order valence-corrected chi connectivity index (χ2v) is 7.32. The van der Waals surface area contributed by atoms with Gasteiger partial charge in [0.15, 0.2) is 5.13 Å². The molecule has 3 rings (SSSR count). The highest BCUT2D eigenvalue weighted by Gasteiger charge is 2.17. The first-order valence-corrected chi connectivity index (χ1v) is 8.99. The lowest BCUT2D eigenvalue weighted by atomic mass is 10.0. The van der Waals surface area contributed by atoms with Crippen molar-refractivity contribution in [3.63, 3.8) is 0 Å². The topological polar surface area (TPSA) is 42.0 Å². The molecule has 1 aliphatic rings. The highest BCUT2D eigenvalue weighted by Crippen LogP contribution is 2.29. The van der Waals surface area contributed by atoms with Crippen molar-refractivity contribution in [2.45, 2.75) is 38.5 Å². The number of benzene rings is 1. The van der Waals surface area contributed by atoms with Gasteiger partial charge in [-0.3, -0.25) is 10.1 Å². The summed E-state index contributed by atoms with van der Waals surface area (Å²) in [5.41, 5.74) is 1.39. The number of carbonyl (C=O) groups excluding carboxylic acids is 1. The molecule has 6 heteroatoms. The number of carbonyl (C=O) groups is 1. The van der Waals surface area contributed by atoms with Crippen LogP contribution in [0.1, 0.15) is 46.6 Å². The number of nitrogens with zero attached hydrogens (tertiary/aromatic N) is 1. The van der Waals surface area contributed by atoms with E-state index in [2.05, 4.69) is 26.2 Å². The number of halogens is 2. The average Bonchev–Trinajstić information content (AvgIpc) is 2.82. The number of amides is 1. The fourth-order valence-corrected chi connectivity index (χ4v) is 4.07. The average molecular weight is 383 g/mol. The quantitative estimate of drug-likeness (QED) is 0.797. The van der Waals surface area contributed by atoms with Gasteiger partial charge in [0.05, 0.1) is 11.3 Å². The molecule has 0 atom stereocenters. The molecular formula is C16H16BrFN2OS. The monoisotopic (exact) mass is 382 g/mol. The summed E-state index contributed by atoms with van der Waals surface area (Å²) >= 11 is 4.82. The van der Waals surface area contributed by atoms with Crippen LogP contribution in [-0.2, 0) is 12.8 Å². The van der Waals surface area contributed by atoms with E-state index in [4.69, 9.17) is 0 Å². The van der Waals surface area contributed by atoms with E-state index in [9.17, 15) is 9.18 Å². The number of thiazole rings is 1. The number of rotatable bonds is 2. The maximum absolute atomic E-state index is 13.3. The molecule has 0 saturated heterocycles. The van der Waals surface area contributed by atoms with Crippen molar-refractivity contribution in [2.24, 2.45) is 0 Å². The first-order chi connectivity index (χ1) is 10.6. The molecule has 0 spiro atoms. The molecule has 3 nitrogen and oxygen atoms in total. The second kappa shape index (κ2) is 6.87. The molecule has 1 amide bonds. The van der Waals surface area contributed by atoms with Gasteiger partial charge < -0.3 is 0 Å². The zero-order chi connectivity index (χ0) is 15.5. The highest BCUT2D eigenvalue weighted by molar-refractivity contribution is 9.10. The Morgan fingerprint density at radius 3 is 2.82 bits per heavy atom. The normalized spacial score (nSPS) is 14.8. The minimum absolute atomic E-state index is 0.280. The van der Waals surface area contributed by atoms with E-state index < -0.39 is 5.82 Å². The lowest BCUT2D eigenvalue weighted by Crippen LogP contribution is -2.12. The predicted octanol–water partition coefficient (Wildman–Crippen LogP) is 4.96. The van der Waals surface area contributed by atoms with Gasteiger partial charge in [0.25, 0.3) is 5.91 Å². The van der Waals surface area contributed by atoms with Crippen LogP contribution in [0.3, 0.4) is 0 Å². The third-order valence-electron chi connectivity index (χ3n) is 3.74. The van der Waals surface area contributed by atoms with E-state index in [1.165, 1.54) is 53.7 Å². The van der Waals surface area contributed by atoms with Gasteiger partial charge in [0.1, 0.15) is 5.82 Å². The van der Waals surface area contributed by atoms with E-state index in [0.29, 0.717) is 9.60 Å². The Balaban J connectivity index is 1.79. The lowest BCUT2D eigenvalue weighted by Gasteiger charge is -2.06. The zero-order valence-corrected chi connectivity index (χ0v) is 14.4. The Bertz CT molecular complexity index is 676. The van der Waals surface area contributed by atoms with Crippen molar-refractivity contribution in [3.05, 3.63) is 44.6 Å². The molecule has 0 fully saturated rings. The Kier molecular flexibility index (Phi) is 4.88. The summed E-state index contributed by atoms with van der Waals surface area (Å²) in [5, 5.41) is 3.40. The van der Waals surface area contributed by atoms with E-state index in [0.717, 1.165) is 25.0 Å². The van der Waals surface area contributed by atoms with Crippen LogP contribution in [0.5, 0.6) is 0 Å². The summed E-state index contributed by atoms with van der Waals surface area (Å²) < 4.78 is 13.9. The largest absolute Gasteiger partial charge is 0.298 e. The van der Waals surface area contributed by atoms with Crippen LogP contribution in [0.25, 0.3) is 0 Å². The van der Waals surface area contributed by atoms with Gasteiger partial charge in [0, 0.05) is 9.35 Å². The molecule has 0 unspecified atom stereocenters. The van der Waals surface area contributed by atoms with Crippen molar-refractivity contribution < 1.29 is 9.18 Å². The number of hydrogen-bond acceptors (Lipinski definition) is 3. The Morgan fingerprint density at radius 2 is 2.00 bits per heavy atom. The van der Waals surface area contributed by atoms with Crippen molar-refractivity contribution in [1.82, 2.24) is 4.98 Å². The fourth-order valence-electron chi connectivity index (χ4n) is 2.59. The summed E-state index contributed by atoms with van der Waals surface area (Å²) in [7, 11) is 0. The molecule has 2 aromatic rings. The maximum Gasteiger partial charge on any atom is 0.258 e. The number of aromatic nitrogens is 1. The van der Waals surface area contributed by atoms with Crippen molar-refractivity contribution >= 4 is 38.3 Å². The molecule has 1 heterocycles. The summed E-state index contributed by atoms with van der Waals surface area (Å²) in [6.07, 6.45) is 6.85. The Hall–Kier alpha value is -1.27. The molecular weight excluding hydrogens is 367 g/mol. The Morgan fingerprint density at radius 1 is 1.23 bits per heavy atom. The van der Waals surface area contributed by atoms with Crippen molar-refractivity contribution in [3.8, 4) is 0 Å². The number of fused-ring (bicyclic) bond motifs is 1. The SMILES string of the molecule is O=C(Nc1nc2c(s1)CCCCCC2)c1cc(F)ccc1Br.